The first-order valence-electron chi connectivity index (χ1n) is 4.98. The predicted octanol–water partition coefficient (Wildman–Crippen LogP) is -1.52. The molecule has 0 rings (SSSR count). The fourth-order valence-corrected chi connectivity index (χ4v) is 0.802. The number of carbonyl (C=O) groups excluding carboxylic acids is 3. The van der Waals surface area contributed by atoms with Crippen LogP contribution in [0.5, 0.6) is 0 Å². The van der Waals surface area contributed by atoms with Gasteiger partial charge in [0.15, 0.2) is 0 Å². The molecular weight excluding hydrogens is 248 g/mol. The molecule has 0 radical (unpaired) electrons. The molecule has 9 heteroatoms. The fourth-order valence-electron chi connectivity index (χ4n) is 0.802. The highest BCUT2D eigenvalue weighted by atomic mass is 16.5. The van der Waals surface area contributed by atoms with Gasteiger partial charge in [-0.25, -0.2) is 9.59 Å². The molecule has 0 aromatic carbocycles. The van der Waals surface area contributed by atoms with Crippen LogP contribution in [0.1, 0.15) is 6.92 Å². The van der Waals surface area contributed by atoms with E-state index in [0.29, 0.717) is 0 Å². The number of imide groups is 1. The Morgan fingerprint density at radius 2 is 1.83 bits per heavy atom. The number of urea groups is 1. The molecule has 0 aliphatic carbocycles. The Hall–Kier alpha value is -2.16. The lowest BCUT2D eigenvalue weighted by atomic mass is 10.6. The number of hydrogen-bond acceptors (Lipinski definition) is 6. The maximum absolute atomic E-state index is 11.0. The minimum atomic E-state index is -1.23. The Bertz CT molecular complexity index is 329. The highest BCUT2D eigenvalue weighted by molar-refractivity contribution is 5.95. The van der Waals surface area contributed by atoms with E-state index < -0.39 is 37.1 Å². The SMILES string of the molecule is CCOC(=O)CNC(=O)NC(=O)COCC(=O)O. The fraction of sp³-hybridized carbons (Fsp3) is 0.556. The lowest BCUT2D eigenvalue weighted by molar-refractivity contribution is -0.144. The van der Waals surface area contributed by atoms with Crippen LogP contribution < -0.4 is 10.6 Å². The zero-order chi connectivity index (χ0) is 14.0. The van der Waals surface area contributed by atoms with Gasteiger partial charge in [0.25, 0.3) is 5.91 Å². The van der Waals surface area contributed by atoms with Gasteiger partial charge in [-0.05, 0) is 6.92 Å². The highest BCUT2D eigenvalue weighted by Gasteiger charge is 2.10. The molecule has 0 aliphatic rings. The summed E-state index contributed by atoms with van der Waals surface area (Å²) >= 11 is 0. The average molecular weight is 262 g/mol. The van der Waals surface area contributed by atoms with Crippen LogP contribution >= 0.6 is 0 Å². The summed E-state index contributed by atoms with van der Waals surface area (Å²) in [7, 11) is 0. The van der Waals surface area contributed by atoms with Gasteiger partial charge in [0.05, 0.1) is 6.61 Å². The van der Waals surface area contributed by atoms with Crippen LogP contribution in [0.2, 0.25) is 0 Å². The minimum Gasteiger partial charge on any atom is -0.480 e. The second kappa shape index (κ2) is 8.93. The number of carbonyl (C=O) groups is 4. The zero-order valence-electron chi connectivity index (χ0n) is 9.73. The van der Waals surface area contributed by atoms with Gasteiger partial charge in [0.1, 0.15) is 19.8 Å². The van der Waals surface area contributed by atoms with E-state index in [0.717, 1.165) is 0 Å². The van der Waals surface area contributed by atoms with Crippen LogP contribution in [0.4, 0.5) is 4.79 Å². The number of aliphatic carboxylic acids is 1. The van der Waals surface area contributed by atoms with Crippen molar-refractivity contribution in [2.75, 3.05) is 26.4 Å². The smallest absolute Gasteiger partial charge is 0.329 e. The van der Waals surface area contributed by atoms with Crippen LogP contribution in [0.25, 0.3) is 0 Å². The Balaban J connectivity index is 3.70. The van der Waals surface area contributed by atoms with E-state index in [9.17, 15) is 19.2 Å². The van der Waals surface area contributed by atoms with Gasteiger partial charge < -0.3 is 19.9 Å². The molecule has 0 fully saturated rings. The molecule has 0 saturated carbocycles. The molecular formula is C9H14N2O7. The summed E-state index contributed by atoms with van der Waals surface area (Å²) in [5, 5.41) is 12.1. The summed E-state index contributed by atoms with van der Waals surface area (Å²) in [6.45, 7) is 0.214. The highest BCUT2D eigenvalue weighted by Crippen LogP contribution is 1.78. The third-order valence-corrected chi connectivity index (χ3v) is 1.41. The van der Waals surface area contributed by atoms with Crippen molar-refractivity contribution in [3.8, 4) is 0 Å². The van der Waals surface area contributed by atoms with E-state index in [4.69, 9.17) is 5.11 Å². The van der Waals surface area contributed by atoms with E-state index >= 15 is 0 Å². The second-order valence-electron chi connectivity index (χ2n) is 2.92. The lowest BCUT2D eigenvalue weighted by Crippen LogP contribution is -2.43. The van der Waals surface area contributed by atoms with Crippen molar-refractivity contribution in [3.63, 3.8) is 0 Å². The molecule has 0 aliphatic heterocycles. The summed E-state index contributed by atoms with van der Waals surface area (Å²) < 4.78 is 8.97. The zero-order valence-corrected chi connectivity index (χ0v) is 9.73. The van der Waals surface area contributed by atoms with Gasteiger partial charge in [0.2, 0.25) is 0 Å². The van der Waals surface area contributed by atoms with Crippen LogP contribution in [-0.4, -0.2) is 55.3 Å². The third kappa shape index (κ3) is 9.09. The minimum absolute atomic E-state index is 0.185. The molecule has 0 unspecified atom stereocenters. The molecule has 3 amide bonds. The van der Waals surface area contributed by atoms with E-state index in [1.165, 1.54) is 0 Å². The van der Waals surface area contributed by atoms with Gasteiger partial charge in [-0.3, -0.25) is 14.9 Å². The summed E-state index contributed by atoms with van der Waals surface area (Å²) in [5.74, 6) is -2.69. The van der Waals surface area contributed by atoms with Crippen molar-refractivity contribution in [2.45, 2.75) is 6.92 Å². The van der Waals surface area contributed by atoms with Gasteiger partial charge >= 0.3 is 18.0 Å². The number of hydrogen-bond donors (Lipinski definition) is 3. The Kier molecular flexibility index (Phi) is 7.86. The van der Waals surface area contributed by atoms with Crippen molar-refractivity contribution in [3.05, 3.63) is 0 Å². The maximum Gasteiger partial charge on any atom is 0.329 e. The Morgan fingerprint density at radius 3 is 2.39 bits per heavy atom. The van der Waals surface area contributed by atoms with Crippen LogP contribution in [0.3, 0.4) is 0 Å². The number of rotatable bonds is 7. The quantitative estimate of drug-likeness (QED) is 0.474. The number of carboxylic acid groups (broad SMARTS) is 1. The summed E-state index contributed by atoms with van der Waals surface area (Å²) in [6, 6.07) is -0.896. The molecule has 0 heterocycles. The van der Waals surface area contributed by atoms with E-state index in [1.807, 2.05) is 5.32 Å². The second-order valence-corrected chi connectivity index (χ2v) is 2.92. The van der Waals surface area contributed by atoms with Crippen molar-refractivity contribution in [2.24, 2.45) is 0 Å². The molecule has 0 atom stereocenters. The van der Waals surface area contributed by atoms with E-state index in [-0.39, 0.29) is 13.2 Å². The first kappa shape index (κ1) is 15.8. The number of carboxylic acids is 1. The molecule has 3 N–H and O–H groups in total. The first-order valence-corrected chi connectivity index (χ1v) is 4.98. The molecule has 0 saturated heterocycles. The first-order chi connectivity index (χ1) is 8.45. The van der Waals surface area contributed by atoms with E-state index in [1.54, 1.807) is 6.92 Å². The van der Waals surface area contributed by atoms with Gasteiger partial charge in [-0.1, -0.05) is 0 Å². The number of amides is 3. The predicted molar refractivity (Wildman–Crippen MR) is 56.6 cm³/mol. The number of nitrogens with one attached hydrogen (secondary N) is 2. The van der Waals surface area contributed by atoms with Crippen LogP contribution in [0.15, 0.2) is 0 Å². The molecule has 9 nitrogen and oxygen atoms in total. The lowest BCUT2D eigenvalue weighted by Gasteiger charge is -2.06. The average Bonchev–Trinajstić information content (AvgIpc) is 2.26. The topological polar surface area (TPSA) is 131 Å². The Morgan fingerprint density at radius 1 is 1.17 bits per heavy atom. The molecule has 102 valence electrons. The maximum atomic E-state index is 11.0. The Labute approximate surface area is 102 Å². The monoisotopic (exact) mass is 262 g/mol. The number of esters is 1. The largest absolute Gasteiger partial charge is 0.480 e. The molecule has 0 aromatic rings. The number of ether oxygens (including phenoxy) is 2. The summed E-state index contributed by atoms with van der Waals surface area (Å²) in [6.07, 6.45) is 0. The molecule has 0 bridgehead atoms. The van der Waals surface area contributed by atoms with Gasteiger partial charge in [0, 0.05) is 0 Å². The van der Waals surface area contributed by atoms with Crippen molar-refractivity contribution in [1.29, 1.82) is 0 Å². The van der Waals surface area contributed by atoms with Gasteiger partial charge in [-0.2, -0.15) is 0 Å². The van der Waals surface area contributed by atoms with Crippen LogP contribution in [0, 0.1) is 0 Å². The third-order valence-electron chi connectivity index (χ3n) is 1.41. The molecule has 0 aromatic heterocycles. The molecule has 18 heavy (non-hydrogen) atoms. The van der Waals surface area contributed by atoms with E-state index in [2.05, 4.69) is 14.8 Å². The normalized spacial score (nSPS) is 9.39. The van der Waals surface area contributed by atoms with Gasteiger partial charge in [-0.15, -0.1) is 0 Å². The van der Waals surface area contributed by atoms with Crippen molar-refractivity contribution < 1.29 is 33.8 Å². The van der Waals surface area contributed by atoms with Crippen molar-refractivity contribution in [1.82, 2.24) is 10.6 Å². The van der Waals surface area contributed by atoms with Crippen molar-refractivity contribution >= 4 is 23.9 Å². The molecule has 0 spiro atoms. The summed E-state index contributed by atoms with van der Waals surface area (Å²) in [5.41, 5.74) is 0. The standard InChI is InChI=1S/C9H14N2O7/c1-2-18-8(15)3-10-9(16)11-6(12)4-17-5-7(13)14/h2-5H2,1H3,(H,13,14)(H2,10,11,12,16). The summed E-state index contributed by atoms with van der Waals surface area (Å²) in [4.78, 5) is 42.9. The van der Waals surface area contributed by atoms with Crippen LogP contribution in [-0.2, 0) is 23.9 Å².